The second kappa shape index (κ2) is 5.49. The highest BCUT2D eigenvalue weighted by molar-refractivity contribution is 5.86. The normalized spacial score (nSPS) is 19.5. The summed E-state index contributed by atoms with van der Waals surface area (Å²) in [6.45, 7) is 0.710. The molecular formula is C16H17NO2. The van der Waals surface area contributed by atoms with Crippen LogP contribution in [0.1, 0.15) is 25.0 Å². The quantitative estimate of drug-likeness (QED) is 0.846. The van der Waals surface area contributed by atoms with Gasteiger partial charge in [-0.25, -0.2) is 0 Å². The SMILES string of the molecule is O=C(Cc1ccc2ccccc2n1)C1CCCCO1. The number of Topliss-reactive ketones (excluding diaryl/α,β-unsaturated/α-hetero) is 1. The minimum atomic E-state index is -0.220. The summed E-state index contributed by atoms with van der Waals surface area (Å²) in [7, 11) is 0. The summed E-state index contributed by atoms with van der Waals surface area (Å²) in [4.78, 5) is 16.7. The first-order chi connectivity index (χ1) is 9.33. The molecule has 0 N–H and O–H groups in total. The molecule has 19 heavy (non-hydrogen) atoms. The van der Waals surface area contributed by atoms with Gasteiger partial charge in [0.1, 0.15) is 6.10 Å². The van der Waals surface area contributed by atoms with Gasteiger partial charge >= 0.3 is 0 Å². The largest absolute Gasteiger partial charge is 0.370 e. The lowest BCUT2D eigenvalue weighted by Gasteiger charge is -2.21. The van der Waals surface area contributed by atoms with E-state index in [2.05, 4.69) is 4.98 Å². The molecule has 1 unspecified atom stereocenters. The van der Waals surface area contributed by atoms with Crippen molar-refractivity contribution in [2.24, 2.45) is 0 Å². The fourth-order valence-electron chi connectivity index (χ4n) is 2.49. The average Bonchev–Trinajstić information content (AvgIpc) is 2.48. The van der Waals surface area contributed by atoms with E-state index < -0.39 is 0 Å². The van der Waals surface area contributed by atoms with E-state index in [0.29, 0.717) is 13.0 Å². The number of carbonyl (C=O) groups excluding carboxylic acids is 1. The molecule has 0 saturated carbocycles. The molecule has 0 spiro atoms. The van der Waals surface area contributed by atoms with Gasteiger partial charge in [-0.05, 0) is 31.4 Å². The van der Waals surface area contributed by atoms with Crippen molar-refractivity contribution in [1.82, 2.24) is 4.98 Å². The molecule has 0 aliphatic carbocycles. The Morgan fingerprint density at radius 2 is 2.11 bits per heavy atom. The van der Waals surface area contributed by atoms with Crippen LogP contribution in [0, 0.1) is 0 Å². The highest BCUT2D eigenvalue weighted by Crippen LogP contribution is 2.17. The van der Waals surface area contributed by atoms with Crippen LogP contribution in [0.15, 0.2) is 36.4 Å². The fraction of sp³-hybridized carbons (Fsp3) is 0.375. The first-order valence-electron chi connectivity index (χ1n) is 6.82. The highest BCUT2D eigenvalue weighted by Gasteiger charge is 2.22. The van der Waals surface area contributed by atoms with Crippen LogP contribution < -0.4 is 0 Å². The Balaban J connectivity index is 1.75. The smallest absolute Gasteiger partial charge is 0.167 e. The molecule has 3 nitrogen and oxygen atoms in total. The van der Waals surface area contributed by atoms with Crippen LogP contribution in [0.25, 0.3) is 10.9 Å². The Morgan fingerprint density at radius 1 is 1.21 bits per heavy atom. The molecule has 2 heterocycles. The maximum atomic E-state index is 12.1. The van der Waals surface area contributed by atoms with Crippen molar-refractivity contribution in [3.63, 3.8) is 0 Å². The van der Waals surface area contributed by atoms with Crippen molar-refractivity contribution in [2.45, 2.75) is 31.8 Å². The second-order valence-electron chi connectivity index (χ2n) is 4.99. The van der Waals surface area contributed by atoms with E-state index in [1.807, 2.05) is 36.4 Å². The molecule has 0 bridgehead atoms. The van der Waals surface area contributed by atoms with Gasteiger partial charge < -0.3 is 4.74 Å². The Labute approximate surface area is 112 Å². The molecule has 0 radical (unpaired) electrons. The lowest BCUT2D eigenvalue weighted by Crippen LogP contribution is -2.29. The van der Waals surface area contributed by atoms with Crippen molar-refractivity contribution >= 4 is 16.7 Å². The molecule has 1 fully saturated rings. The van der Waals surface area contributed by atoms with E-state index in [9.17, 15) is 4.79 Å². The van der Waals surface area contributed by atoms with Crippen molar-refractivity contribution in [2.75, 3.05) is 6.61 Å². The third-order valence-corrected chi connectivity index (χ3v) is 3.55. The van der Waals surface area contributed by atoms with E-state index in [0.717, 1.165) is 35.9 Å². The zero-order valence-electron chi connectivity index (χ0n) is 10.8. The number of benzene rings is 1. The Bertz CT molecular complexity index is 588. The summed E-state index contributed by atoms with van der Waals surface area (Å²) >= 11 is 0. The molecule has 98 valence electrons. The number of ketones is 1. The van der Waals surface area contributed by atoms with Gasteiger partial charge in [-0.3, -0.25) is 9.78 Å². The van der Waals surface area contributed by atoms with Gasteiger partial charge in [0, 0.05) is 17.7 Å². The number of para-hydroxylation sites is 1. The van der Waals surface area contributed by atoms with Gasteiger partial charge in [0.25, 0.3) is 0 Å². The lowest BCUT2D eigenvalue weighted by atomic mass is 10.0. The van der Waals surface area contributed by atoms with Gasteiger partial charge in [-0.1, -0.05) is 24.3 Å². The molecule has 2 aromatic rings. The van der Waals surface area contributed by atoms with E-state index in [-0.39, 0.29) is 11.9 Å². The molecule has 0 amide bonds. The number of aromatic nitrogens is 1. The van der Waals surface area contributed by atoms with Crippen LogP contribution >= 0.6 is 0 Å². The molecule has 1 aromatic heterocycles. The van der Waals surface area contributed by atoms with Crippen LogP contribution in [0.2, 0.25) is 0 Å². The third-order valence-electron chi connectivity index (χ3n) is 3.55. The monoisotopic (exact) mass is 255 g/mol. The van der Waals surface area contributed by atoms with Crippen molar-refractivity contribution in [1.29, 1.82) is 0 Å². The standard InChI is InChI=1S/C16H17NO2/c18-15(16-7-3-4-10-19-16)11-13-9-8-12-5-1-2-6-14(12)17-13/h1-2,5-6,8-9,16H,3-4,7,10-11H2. The zero-order chi connectivity index (χ0) is 13.1. The van der Waals surface area contributed by atoms with Gasteiger partial charge in [0.05, 0.1) is 11.9 Å². The predicted molar refractivity (Wildman–Crippen MR) is 74.0 cm³/mol. The maximum absolute atomic E-state index is 12.1. The maximum Gasteiger partial charge on any atom is 0.167 e. The number of ether oxygens (including phenoxy) is 1. The topological polar surface area (TPSA) is 39.2 Å². The fourth-order valence-corrected chi connectivity index (χ4v) is 2.49. The lowest BCUT2D eigenvalue weighted by molar-refractivity contribution is -0.132. The number of fused-ring (bicyclic) bond motifs is 1. The molecular weight excluding hydrogens is 238 g/mol. The van der Waals surface area contributed by atoms with Crippen LogP contribution in [-0.2, 0) is 16.0 Å². The van der Waals surface area contributed by atoms with Gasteiger partial charge in [0.2, 0.25) is 0 Å². The molecule has 1 saturated heterocycles. The molecule has 1 aliphatic heterocycles. The number of rotatable bonds is 3. The van der Waals surface area contributed by atoms with Crippen LogP contribution in [-0.4, -0.2) is 23.5 Å². The average molecular weight is 255 g/mol. The van der Waals surface area contributed by atoms with E-state index in [4.69, 9.17) is 4.74 Å². The number of nitrogens with zero attached hydrogens (tertiary/aromatic N) is 1. The van der Waals surface area contributed by atoms with Crippen LogP contribution in [0.3, 0.4) is 0 Å². The molecule has 3 rings (SSSR count). The van der Waals surface area contributed by atoms with Gasteiger partial charge in [0.15, 0.2) is 5.78 Å². The number of hydrogen-bond donors (Lipinski definition) is 0. The minimum absolute atomic E-state index is 0.155. The molecule has 1 aliphatic rings. The van der Waals surface area contributed by atoms with E-state index in [1.165, 1.54) is 0 Å². The van der Waals surface area contributed by atoms with Crippen molar-refractivity contribution < 1.29 is 9.53 Å². The Morgan fingerprint density at radius 3 is 2.95 bits per heavy atom. The number of pyridine rings is 1. The number of carbonyl (C=O) groups is 1. The minimum Gasteiger partial charge on any atom is -0.370 e. The van der Waals surface area contributed by atoms with Crippen molar-refractivity contribution in [3.05, 3.63) is 42.1 Å². The third kappa shape index (κ3) is 2.82. The van der Waals surface area contributed by atoms with E-state index >= 15 is 0 Å². The number of hydrogen-bond acceptors (Lipinski definition) is 3. The first kappa shape index (κ1) is 12.3. The highest BCUT2D eigenvalue weighted by atomic mass is 16.5. The first-order valence-corrected chi connectivity index (χ1v) is 6.82. The van der Waals surface area contributed by atoms with Crippen LogP contribution in [0.4, 0.5) is 0 Å². The zero-order valence-corrected chi connectivity index (χ0v) is 10.8. The predicted octanol–water partition coefficient (Wildman–Crippen LogP) is 2.92. The second-order valence-corrected chi connectivity index (χ2v) is 4.99. The summed E-state index contributed by atoms with van der Waals surface area (Å²) in [6.07, 6.45) is 3.16. The van der Waals surface area contributed by atoms with E-state index in [1.54, 1.807) is 0 Å². The summed E-state index contributed by atoms with van der Waals surface area (Å²) in [5, 5.41) is 1.10. The van der Waals surface area contributed by atoms with Gasteiger partial charge in [-0.15, -0.1) is 0 Å². The van der Waals surface area contributed by atoms with Crippen molar-refractivity contribution in [3.8, 4) is 0 Å². The molecule has 1 atom stereocenters. The Kier molecular flexibility index (Phi) is 3.56. The van der Waals surface area contributed by atoms with Crippen LogP contribution in [0.5, 0.6) is 0 Å². The van der Waals surface area contributed by atoms with Gasteiger partial charge in [-0.2, -0.15) is 0 Å². The summed E-state index contributed by atoms with van der Waals surface area (Å²) in [6, 6.07) is 11.9. The summed E-state index contributed by atoms with van der Waals surface area (Å²) in [5.41, 5.74) is 1.77. The Hall–Kier alpha value is -1.74. The summed E-state index contributed by atoms with van der Waals surface area (Å²) < 4.78 is 5.52. The molecule has 1 aromatic carbocycles. The summed E-state index contributed by atoms with van der Waals surface area (Å²) in [5.74, 6) is 0.155. The molecule has 3 heteroatoms.